The minimum Gasteiger partial charge on any atom is -0.269 e. The fourth-order valence-corrected chi connectivity index (χ4v) is 1.56. The largest absolute Gasteiger partial charge is 0.269 e. The summed E-state index contributed by atoms with van der Waals surface area (Å²) in [4.78, 5) is 0.164. The van der Waals surface area contributed by atoms with Crippen LogP contribution in [-0.2, 0) is 10.0 Å². The highest BCUT2D eigenvalue weighted by atomic mass is 32.2. The standard InChI is InChI=1S/C9H13NO2S.FH/c1-7(2)8-3-5-9(6-4-8)13(10,11)12;/h3-7H,1-2H3,(H2,10,11,12);1H. The van der Waals surface area contributed by atoms with Crippen molar-refractivity contribution in [3.8, 4) is 0 Å². The van der Waals surface area contributed by atoms with Crippen LogP contribution in [0.4, 0.5) is 4.70 Å². The van der Waals surface area contributed by atoms with E-state index in [2.05, 4.69) is 0 Å². The quantitative estimate of drug-likeness (QED) is 0.821. The maximum atomic E-state index is 10.9. The number of rotatable bonds is 2. The Bertz CT molecular complexity index is 384. The molecule has 1 rings (SSSR count). The lowest BCUT2D eigenvalue weighted by molar-refractivity contribution is 0.597. The molecule has 0 fully saturated rings. The Labute approximate surface area is 83.4 Å². The number of hydrogen-bond donors (Lipinski definition) is 1. The van der Waals surface area contributed by atoms with Crippen molar-refractivity contribution in [1.82, 2.24) is 0 Å². The summed E-state index contributed by atoms with van der Waals surface area (Å²) >= 11 is 0. The molecule has 0 saturated carbocycles. The van der Waals surface area contributed by atoms with Gasteiger partial charge in [0, 0.05) is 0 Å². The van der Waals surface area contributed by atoms with E-state index in [1.54, 1.807) is 12.1 Å². The first-order valence-electron chi connectivity index (χ1n) is 4.04. The molecule has 0 aromatic heterocycles. The van der Waals surface area contributed by atoms with Gasteiger partial charge in [-0.3, -0.25) is 4.70 Å². The summed E-state index contributed by atoms with van der Waals surface area (Å²) in [5, 5.41) is 4.96. The van der Waals surface area contributed by atoms with E-state index >= 15 is 0 Å². The van der Waals surface area contributed by atoms with E-state index in [0.29, 0.717) is 5.92 Å². The molecule has 0 aliphatic rings. The van der Waals surface area contributed by atoms with Gasteiger partial charge in [-0.25, -0.2) is 13.6 Å². The van der Waals surface area contributed by atoms with E-state index in [-0.39, 0.29) is 9.60 Å². The first kappa shape index (κ1) is 13.1. The van der Waals surface area contributed by atoms with Crippen LogP contribution in [-0.4, -0.2) is 8.42 Å². The highest BCUT2D eigenvalue weighted by Crippen LogP contribution is 2.16. The molecule has 0 saturated heterocycles. The zero-order valence-electron chi connectivity index (χ0n) is 8.10. The van der Waals surface area contributed by atoms with E-state index in [9.17, 15) is 8.42 Å². The Balaban J connectivity index is 0.00000169. The minimum absolute atomic E-state index is 0. The summed E-state index contributed by atoms with van der Waals surface area (Å²) in [6.45, 7) is 4.10. The monoisotopic (exact) mass is 219 g/mol. The van der Waals surface area contributed by atoms with Gasteiger partial charge < -0.3 is 0 Å². The van der Waals surface area contributed by atoms with Crippen LogP contribution < -0.4 is 5.14 Å². The summed E-state index contributed by atoms with van der Waals surface area (Å²) < 4.78 is 21.8. The predicted octanol–water partition coefficient (Wildman–Crippen LogP) is 1.61. The van der Waals surface area contributed by atoms with Gasteiger partial charge in [-0.1, -0.05) is 26.0 Å². The normalized spacial score (nSPS) is 11.1. The molecule has 0 radical (unpaired) electrons. The maximum Gasteiger partial charge on any atom is 0.238 e. The summed E-state index contributed by atoms with van der Waals surface area (Å²) in [6.07, 6.45) is 0. The summed E-state index contributed by atoms with van der Waals surface area (Å²) in [5.74, 6) is 0.398. The van der Waals surface area contributed by atoms with Gasteiger partial charge in [0.2, 0.25) is 10.0 Å². The molecular formula is C9H14FNO2S. The first-order chi connectivity index (χ1) is 5.91. The number of halogens is 1. The zero-order valence-corrected chi connectivity index (χ0v) is 8.91. The Hall–Kier alpha value is -0.940. The lowest BCUT2D eigenvalue weighted by atomic mass is 10.0. The molecule has 80 valence electrons. The van der Waals surface area contributed by atoms with Crippen LogP contribution in [0.5, 0.6) is 0 Å². The molecule has 2 N–H and O–H groups in total. The molecule has 0 heterocycles. The van der Waals surface area contributed by atoms with Crippen LogP contribution >= 0.6 is 0 Å². The van der Waals surface area contributed by atoms with Gasteiger partial charge >= 0.3 is 0 Å². The highest BCUT2D eigenvalue weighted by Gasteiger charge is 2.07. The molecule has 0 atom stereocenters. The van der Waals surface area contributed by atoms with Crippen LogP contribution in [0.25, 0.3) is 0 Å². The third-order valence-corrected chi connectivity index (χ3v) is 2.80. The van der Waals surface area contributed by atoms with Crippen LogP contribution in [0.1, 0.15) is 25.3 Å². The van der Waals surface area contributed by atoms with Gasteiger partial charge in [0.05, 0.1) is 4.90 Å². The molecule has 14 heavy (non-hydrogen) atoms. The van der Waals surface area contributed by atoms with E-state index < -0.39 is 10.0 Å². The van der Waals surface area contributed by atoms with Crippen molar-refractivity contribution in [2.45, 2.75) is 24.7 Å². The van der Waals surface area contributed by atoms with E-state index in [0.717, 1.165) is 5.56 Å². The van der Waals surface area contributed by atoms with Gasteiger partial charge in [0.15, 0.2) is 0 Å². The molecule has 3 nitrogen and oxygen atoms in total. The summed E-state index contributed by atoms with van der Waals surface area (Å²) in [7, 11) is -3.55. The number of sulfonamides is 1. The van der Waals surface area contributed by atoms with Crippen molar-refractivity contribution < 1.29 is 13.1 Å². The molecule has 1 aromatic carbocycles. The van der Waals surface area contributed by atoms with Gasteiger partial charge in [-0.2, -0.15) is 0 Å². The molecule has 0 amide bonds. The Kier molecular flexibility index (Phi) is 4.22. The van der Waals surface area contributed by atoms with Crippen molar-refractivity contribution in [2.24, 2.45) is 5.14 Å². The molecule has 0 aliphatic carbocycles. The van der Waals surface area contributed by atoms with E-state index in [1.807, 2.05) is 13.8 Å². The SMILES string of the molecule is CC(C)c1ccc(S(N)(=O)=O)cc1.F. The smallest absolute Gasteiger partial charge is 0.238 e. The van der Waals surface area contributed by atoms with Crippen molar-refractivity contribution in [3.05, 3.63) is 29.8 Å². The zero-order chi connectivity index (χ0) is 10.1. The number of benzene rings is 1. The topological polar surface area (TPSA) is 60.2 Å². The number of primary sulfonamides is 1. The Morgan fingerprint density at radius 3 is 1.86 bits per heavy atom. The van der Waals surface area contributed by atoms with Crippen molar-refractivity contribution in [3.63, 3.8) is 0 Å². The molecule has 0 unspecified atom stereocenters. The molecular weight excluding hydrogens is 205 g/mol. The summed E-state index contributed by atoms with van der Waals surface area (Å²) in [6, 6.07) is 6.63. The Morgan fingerprint density at radius 2 is 1.57 bits per heavy atom. The molecule has 0 aliphatic heterocycles. The van der Waals surface area contributed by atoms with Crippen LogP contribution in [0.3, 0.4) is 0 Å². The second kappa shape index (κ2) is 4.52. The summed E-state index contributed by atoms with van der Waals surface area (Å²) in [5.41, 5.74) is 1.10. The third-order valence-electron chi connectivity index (χ3n) is 1.88. The van der Waals surface area contributed by atoms with Crippen molar-refractivity contribution in [1.29, 1.82) is 0 Å². The number of nitrogens with two attached hydrogens (primary N) is 1. The van der Waals surface area contributed by atoms with E-state index in [4.69, 9.17) is 5.14 Å². The second-order valence-corrected chi connectivity index (χ2v) is 4.83. The Morgan fingerprint density at radius 1 is 1.14 bits per heavy atom. The first-order valence-corrected chi connectivity index (χ1v) is 5.58. The number of hydrogen-bond acceptors (Lipinski definition) is 2. The molecule has 5 heteroatoms. The third kappa shape index (κ3) is 3.08. The molecule has 0 bridgehead atoms. The van der Waals surface area contributed by atoms with Crippen LogP contribution in [0, 0.1) is 0 Å². The lowest BCUT2D eigenvalue weighted by Crippen LogP contribution is -2.11. The lowest BCUT2D eigenvalue weighted by Gasteiger charge is -2.05. The van der Waals surface area contributed by atoms with Gasteiger partial charge in [-0.05, 0) is 23.6 Å². The predicted molar refractivity (Wildman–Crippen MR) is 54.4 cm³/mol. The highest BCUT2D eigenvalue weighted by molar-refractivity contribution is 7.89. The van der Waals surface area contributed by atoms with Gasteiger partial charge in [-0.15, -0.1) is 0 Å². The van der Waals surface area contributed by atoms with Crippen LogP contribution in [0.2, 0.25) is 0 Å². The van der Waals surface area contributed by atoms with Gasteiger partial charge in [0.25, 0.3) is 0 Å². The maximum absolute atomic E-state index is 10.9. The average molecular weight is 219 g/mol. The van der Waals surface area contributed by atoms with Crippen molar-refractivity contribution >= 4 is 10.0 Å². The minimum atomic E-state index is -3.55. The fraction of sp³-hybridized carbons (Fsp3) is 0.333. The van der Waals surface area contributed by atoms with Crippen molar-refractivity contribution in [2.75, 3.05) is 0 Å². The molecule has 0 spiro atoms. The second-order valence-electron chi connectivity index (χ2n) is 3.27. The average Bonchev–Trinajstić information content (AvgIpc) is 2.03. The van der Waals surface area contributed by atoms with Gasteiger partial charge in [0.1, 0.15) is 0 Å². The fourth-order valence-electron chi connectivity index (χ4n) is 1.04. The molecule has 1 aromatic rings. The van der Waals surface area contributed by atoms with E-state index in [1.165, 1.54) is 12.1 Å². The van der Waals surface area contributed by atoms with Crippen LogP contribution in [0.15, 0.2) is 29.2 Å².